The molecule has 0 saturated heterocycles. The summed E-state index contributed by atoms with van der Waals surface area (Å²) in [7, 11) is 2.00. The maximum atomic E-state index is 3.33. The molecule has 0 atom stereocenters. The normalized spacial score (nSPS) is 18.6. The zero-order chi connectivity index (χ0) is 7.40. The van der Waals surface area contributed by atoms with E-state index >= 15 is 0 Å². The highest BCUT2D eigenvalue weighted by Gasteiger charge is 2.07. The van der Waals surface area contributed by atoms with Gasteiger partial charge >= 0.3 is 0 Å². The molecule has 10 heavy (non-hydrogen) atoms. The maximum absolute atomic E-state index is 3.33. The second kappa shape index (κ2) is 3.74. The summed E-state index contributed by atoms with van der Waals surface area (Å²) in [6.45, 7) is 5.52. The number of rotatable bonds is 3. The minimum atomic E-state index is 1.10. The molecule has 0 aromatic rings. The Morgan fingerprint density at radius 2 is 2.30 bits per heavy atom. The molecule has 0 spiro atoms. The Hall–Kier alpha value is -0.340. The van der Waals surface area contributed by atoms with Gasteiger partial charge in [-0.25, -0.2) is 0 Å². The molecule has 0 saturated carbocycles. The van der Waals surface area contributed by atoms with Crippen LogP contribution in [0.15, 0.2) is 11.1 Å². The van der Waals surface area contributed by atoms with Gasteiger partial charge in [-0.1, -0.05) is 11.1 Å². The van der Waals surface area contributed by atoms with Crippen molar-refractivity contribution in [2.45, 2.75) is 13.3 Å². The van der Waals surface area contributed by atoms with Crippen LogP contribution in [0.4, 0.5) is 0 Å². The lowest BCUT2D eigenvalue weighted by Crippen LogP contribution is -2.12. The Morgan fingerprint density at radius 3 is 2.80 bits per heavy atom. The second-order valence-corrected chi connectivity index (χ2v) is 2.84. The van der Waals surface area contributed by atoms with E-state index in [1.807, 2.05) is 7.05 Å². The Bertz CT molecular complexity index is 138. The topological polar surface area (TPSA) is 24.1 Å². The van der Waals surface area contributed by atoms with Crippen molar-refractivity contribution >= 4 is 0 Å². The first-order valence-corrected chi connectivity index (χ1v) is 3.87. The molecule has 0 aromatic carbocycles. The molecule has 1 aliphatic rings. The molecule has 0 amide bonds. The van der Waals surface area contributed by atoms with Crippen LogP contribution in [-0.4, -0.2) is 26.7 Å². The molecule has 1 heterocycles. The third-order valence-electron chi connectivity index (χ3n) is 2.01. The standard InChI is InChI=1S/C8H16N2/c1-7-5-10-6-8(7)3-4-9-2/h9-10H,3-6H2,1-2H3. The summed E-state index contributed by atoms with van der Waals surface area (Å²) in [5.41, 5.74) is 3.13. The Labute approximate surface area is 62.7 Å². The molecule has 0 bridgehead atoms. The van der Waals surface area contributed by atoms with Crippen molar-refractivity contribution in [3.05, 3.63) is 11.1 Å². The quantitative estimate of drug-likeness (QED) is 0.558. The monoisotopic (exact) mass is 140 g/mol. The third-order valence-corrected chi connectivity index (χ3v) is 2.01. The van der Waals surface area contributed by atoms with Gasteiger partial charge < -0.3 is 10.6 Å². The van der Waals surface area contributed by atoms with Gasteiger partial charge in [0.05, 0.1) is 0 Å². The van der Waals surface area contributed by atoms with Gasteiger partial charge in [-0.3, -0.25) is 0 Å². The van der Waals surface area contributed by atoms with Gasteiger partial charge in [0.25, 0.3) is 0 Å². The Kier molecular flexibility index (Phi) is 2.90. The molecular formula is C8H16N2. The molecule has 0 unspecified atom stereocenters. The van der Waals surface area contributed by atoms with Crippen LogP contribution in [0, 0.1) is 0 Å². The summed E-state index contributed by atoms with van der Waals surface area (Å²) in [6, 6.07) is 0. The minimum Gasteiger partial charge on any atom is -0.319 e. The number of hydrogen-bond donors (Lipinski definition) is 2. The van der Waals surface area contributed by atoms with Gasteiger partial charge in [0.15, 0.2) is 0 Å². The van der Waals surface area contributed by atoms with E-state index in [-0.39, 0.29) is 0 Å². The highest BCUT2D eigenvalue weighted by Crippen LogP contribution is 2.11. The van der Waals surface area contributed by atoms with E-state index in [0.29, 0.717) is 0 Å². The van der Waals surface area contributed by atoms with E-state index in [2.05, 4.69) is 17.6 Å². The molecule has 1 aliphatic heterocycles. The van der Waals surface area contributed by atoms with Gasteiger partial charge in [-0.15, -0.1) is 0 Å². The van der Waals surface area contributed by atoms with Crippen LogP contribution in [0.3, 0.4) is 0 Å². The van der Waals surface area contributed by atoms with E-state index in [1.54, 1.807) is 5.57 Å². The van der Waals surface area contributed by atoms with Gasteiger partial charge in [0.1, 0.15) is 0 Å². The molecule has 2 nitrogen and oxygen atoms in total. The predicted octanol–water partition coefficient (Wildman–Crippen LogP) is 0.516. The zero-order valence-electron chi connectivity index (χ0n) is 6.83. The molecule has 2 N–H and O–H groups in total. The number of nitrogens with one attached hydrogen (secondary N) is 2. The van der Waals surface area contributed by atoms with Gasteiger partial charge in [-0.2, -0.15) is 0 Å². The fraction of sp³-hybridized carbons (Fsp3) is 0.750. The van der Waals surface area contributed by atoms with Crippen LogP contribution in [0.5, 0.6) is 0 Å². The highest BCUT2D eigenvalue weighted by molar-refractivity contribution is 5.20. The van der Waals surface area contributed by atoms with Crippen molar-refractivity contribution in [1.29, 1.82) is 0 Å². The molecule has 58 valence electrons. The van der Waals surface area contributed by atoms with Crippen LogP contribution in [0.2, 0.25) is 0 Å². The largest absolute Gasteiger partial charge is 0.319 e. The van der Waals surface area contributed by atoms with Gasteiger partial charge in [-0.05, 0) is 26.9 Å². The summed E-state index contributed by atoms with van der Waals surface area (Å²) >= 11 is 0. The average Bonchev–Trinajstić information content (AvgIpc) is 2.31. The van der Waals surface area contributed by atoms with Crippen LogP contribution in [-0.2, 0) is 0 Å². The molecule has 2 heteroatoms. The smallest absolute Gasteiger partial charge is 0.0171 e. The van der Waals surface area contributed by atoms with Crippen molar-refractivity contribution < 1.29 is 0 Å². The summed E-state index contributed by atoms with van der Waals surface area (Å²) in [5.74, 6) is 0. The third kappa shape index (κ3) is 1.82. The lowest BCUT2D eigenvalue weighted by Gasteiger charge is -2.00. The first-order chi connectivity index (χ1) is 4.84. The Morgan fingerprint density at radius 1 is 1.50 bits per heavy atom. The van der Waals surface area contributed by atoms with E-state index in [9.17, 15) is 0 Å². The van der Waals surface area contributed by atoms with Crippen molar-refractivity contribution in [3.63, 3.8) is 0 Å². The molecule has 0 aliphatic carbocycles. The van der Waals surface area contributed by atoms with Gasteiger partial charge in [0.2, 0.25) is 0 Å². The molecule has 0 fully saturated rings. The summed E-state index contributed by atoms with van der Waals surface area (Å²) in [5, 5.41) is 6.48. The first kappa shape index (κ1) is 7.76. The van der Waals surface area contributed by atoms with Crippen LogP contribution in [0.25, 0.3) is 0 Å². The van der Waals surface area contributed by atoms with E-state index < -0.39 is 0 Å². The molecule has 0 aromatic heterocycles. The predicted molar refractivity (Wildman–Crippen MR) is 44.1 cm³/mol. The zero-order valence-corrected chi connectivity index (χ0v) is 6.83. The van der Waals surface area contributed by atoms with E-state index in [4.69, 9.17) is 0 Å². The van der Waals surface area contributed by atoms with Crippen molar-refractivity contribution in [1.82, 2.24) is 10.6 Å². The van der Waals surface area contributed by atoms with E-state index in [0.717, 1.165) is 19.6 Å². The van der Waals surface area contributed by atoms with E-state index in [1.165, 1.54) is 12.0 Å². The Balaban J connectivity index is 2.31. The van der Waals surface area contributed by atoms with Crippen molar-refractivity contribution in [3.8, 4) is 0 Å². The van der Waals surface area contributed by atoms with Crippen LogP contribution >= 0.6 is 0 Å². The lowest BCUT2D eigenvalue weighted by molar-refractivity contribution is 0.763. The molecule has 1 rings (SSSR count). The molecule has 0 radical (unpaired) electrons. The highest BCUT2D eigenvalue weighted by atomic mass is 14.9. The van der Waals surface area contributed by atoms with Crippen LogP contribution < -0.4 is 10.6 Å². The average molecular weight is 140 g/mol. The maximum Gasteiger partial charge on any atom is 0.0171 e. The fourth-order valence-electron chi connectivity index (χ4n) is 1.25. The number of hydrogen-bond acceptors (Lipinski definition) is 2. The first-order valence-electron chi connectivity index (χ1n) is 3.87. The lowest BCUT2D eigenvalue weighted by atomic mass is 10.1. The van der Waals surface area contributed by atoms with Crippen molar-refractivity contribution in [2.24, 2.45) is 0 Å². The minimum absolute atomic E-state index is 1.10. The van der Waals surface area contributed by atoms with Gasteiger partial charge in [0, 0.05) is 13.1 Å². The van der Waals surface area contributed by atoms with Crippen molar-refractivity contribution in [2.75, 3.05) is 26.7 Å². The summed E-state index contributed by atoms with van der Waals surface area (Å²) in [4.78, 5) is 0. The summed E-state index contributed by atoms with van der Waals surface area (Å²) < 4.78 is 0. The summed E-state index contributed by atoms with van der Waals surface area (Å²) in [6.07, 6.45) is 1.20. The fourth-order valence-corrected chi connectivity index (χ4v) is 1.25. The SMILES string of the molecule is CNCCC1=C(C)CNC1. The van der Waals surface area contributed by atoms with Crippen LogP contribution in [0.1, 0.15) is 13.3 Å². The molecular weight excluding hydrogens is 124 g/mol. The second-order valence-electron chi connectivity index (χ2n) is 2.84.